The molecule has 1 aromatic rings. The molecular formula is C16H19NO6. The lowest BCUT2D eigenvalue weighted by atomic mass is 9.84. The molecule has 1 saturated heterocycles. The zero-order valence-electron chi connectivity index (χ0n) is 13.1. The molecule has 0 spiro atoms. The number of hydrogen-bond donors (Lipinski definition) is 1. The molecule has 0 amide bonds. The summed E-state index contributed by atoms with van der Waals surface area (Å²) in [5.74, 6) is -3.80. The summed E-state index contributed by atoms with van der Waals surface area (Å²) in [7, 11) is 3.67. The maximum Gasteiger partial charge on any atom is 0.323 e. The van der Waals surface area contributed by atoms with E-state index in [2.05, 4.69) is 5.32 Å². The van der Waals surface area contributed by atoms with Gasteiger partial charge in [0.2, 0.25) is 0 Å². The maximum absolute atomic E-state index is 12.3. The van der Waals surface area contributed by atoms with Crippen molar-refractivity contribution in [3.63, 3.8) is 0 Å². The van der Waals surface area contributed by atoms with Crippen LogP contribution in [0.2, 0.25) is 0 Å². The van der Waals surface area contributed by atoms with E-state index in [0.717, 1.165) is 5.56 Å². The van der Waals surface area contributed by atoms with Gasteiger partial charge in [-0.25, -0.2) is 0 Å². The van der Waals surface area contributed by atoms with Gasteiger partial charge in [0.15, 0.2) is 0 Å². The number of ether oxygens (including phenoxy) is 3. The van der Waals surface area contributed by atoms with Gasteiger partial charge in [0.1, 0.15) is 6.04 Å². The molecule has 0 radical (unpaired) electrons. The third-order valence-electron chi connectivity index (χ3n) is 4.02. The first-order chi connectivity index (χ1) is 11.0. The van der Waals surface area contributed by atoms with Crippen LogP contribution in [0.15, 0.2) is 30.3 Å². The summed E-state index contributed by atoms with van der Waals surface area (Å²) in [5, 5.41) is 3.01. The zero-order valence-corrected chi connectivity index (χ0v) is 13.1. The van der Waals surface area contributed by atoms with Crippen LogP contribution < -0.4 is 5.32 Å². The van der Waals surface area contributed by atoms with E-state index in [4.69, 9.17) is 14.2 Å². The normalized spacial score (nSPS) is 26.4. The lowest BCUT2D eigenvalue weighted by molar-refractivity contribution is -0.159. The zero-order chi connectivity index (χ0) is 17.0. The third-order valence-corrected chi connectivity index (χ3v) is 4.02. The second-order valence-electron chi connectivity index (χ2n) is 5.15. The Morgan fingerprint density at radius 2 is 1.35 bits per heavy atom. The Balaban J connectivity index is 2.47. The maximum atomic E-state index is 12.3. The van der Waals surface area contributed by atoms with Crippen molar-refractivity contribution in [1.82, 2.24) is 5.32 Å². The van der Waals surface area contributed by atoms with Gasteiger partial charge in [-0.2, -0.15) is 0 Å². The molecule has 4 atom stereocenters. The van der Waals surface area contributed by atoms with E-state index in [1.807, 2.05) is 30.3 Å². The first kappa shape index (κ1) is 17.0. The predicted molar refractivity (Wildman–Crippen MR) is 79.1 cm³/mol. The Hall–Kier alpha value is -2.41. The molecule has 1 aliphatic heterocycles. The molecule has 7 nitrogen and oxygen atoms in total. The van der Waals surface area contributed by atoms with Crippen LogP contribution in [0.25, 0.3) is 0 Å². The van der Waals surface area contributed by atoms with E-state index in [1.165, 1.54) is 21.3 Å². The fourth-order valence-corrected chi connectivity index (χ4v) is 2.96. The van der Waals surface area contributed by atoms with Gasteiger partial charge in [0.05, 0.1) is 33.2 Å². The largest absolute Gasteiger partial charge is 0.469 e. The van der Waals surface area contributed by atoms with Crippen molar-refractivity contribution in [2.45, 2.75) is 12.1 Å². The number of benzene rings is 1. The fraction of sp³-hybridized carbons (Fsp3) is 0.438. The summed E-state index contributed by atoms with van der Waals surface area (Å²) in [6.07, 6.45) is 0. The fourth-order valence-electron chi connectivity index (χ4n) is 2.96. The second kappa shape index (κ2) is 7.23. The molecule has 1 fully saturated rings. The van der Waals surface area contributed by atoms with E-state index in [1.54, 1.807) is 0 Å². The van der Waals surface area contributed by atoms with Gasteiger partial charge < -0.3 is 14.2 Å². The van der Waals surface area contributed by atoms with Crippen molar-refractivity contribution < 1.29 is 28.6 Å². The molecule has 0 aromatic heterocycles. The van der Waals surface area contributed by atoms with Crippen LogP contribution >= 0.6 is 0 Å². The highest BCUT2D eigenvalue weighted by molar-refractivity contribution is 5.91. The molecule has 124 valence electrons. The number of carbonyl (C=O) groups is 3. The highest BCUT2D eigenvalue weighted by Crippen LogP contribution is 2.39. The summed E-state index contributed by atoms with van der Waals surface area (Å²) < 4.78 is 14.4. The first-order valence-corrected chi connectivity index (χ1v) is 7.09. The average molecular weight is 321 g/mol. The summed E-state index contributed by atoms with van der Waals surface area (Å²) in [6.45, 7) is 0. The molecule has 1 N–H and O–H groups in total. The molecule has 0 aliphatic carbocycles. The number of carbonyl (C=O) groups excluding carboxylic acids is 3. The van der Waals surface area contributed by atoms with Gasteiger partial charge in [0, 0.05) is 6.04 Å². The van der Waals surface area contributed by atoms with Crippen LogP contribution in [0.5, 0.6) is 0 Å². The molecule has 0 bridgehead atoms. The molecule has 1 aromatic carbocycles. The number of nitrogens with one attached hydrogen (secondary N) is 1. The standard InChI is InChI=1S/C16H19NO6/c1-21-14(18)10-11(15(19)22-2)13(16(20)23-3)17-12(10)9-7-5-4-6-8-9/h4-8,10-13,17H,1-3H3/t10-,11+,12+,13+/m1/s1. The van der Waals surface area contributed by atoms with Gasteiger partial charge >= 0.3 is 17.9 Å². The Morgan fingerprint density at radius 1 is 0.826 bits per heavy atom. The smallest absolute Gasteiger partial charge is 0.323 e. The molecular weight excluding hydrogens is 302 g/mol. The predicted octanol–water partition coefficient (Wildman–Crippen LogP) is 0.451. The highest BCUT2D eigenvalue weighted by Gasteiger charge is 2.55. The van der Waals surface area contributed by atoms with Crippen LogP contribution in [0.4, 0.5) is 0 Å². The number of methoxy groups -OCH3 is 3. The number of esters is 3. The van der Waals surface area contributed by atoms with Crippen LogP contribution in [0.1, 0.15) is 11.6 Å². The second-order valence-corrected chi connectivity index (χ2v) is 5.15. The number of hydrogen-bond acceptors (Lipinski definition) is 7. The number of rotatable bonds is 4. The van der Waals surface area contributed by atoms with E-state index in [9.17, 15) is 14.4 Å². The van der Waals surface area contributed by atoms with E-state index >= 15 is 0 Å². The minimum Gasteiger partial charge on any atom is -0.469 e. The molecule has 0 unspecified atom stereocenters. The van der Waals surface area contributed by atoms with Crippen LogP contribution in [0.3, 0.4) is 0 Å². The van der Waals surface area contributed by atoms with Gasteiger partial charge in [-0.05, 0) is 5.56 Å². The van der Waals surface area contributed by atoms with Crippen molar-refractivity contribution in [1.29, 1.82) is 0 Å². The Kier molecular flexibility index (Phi) is 5.33. The van der Waals surface area contributed by atoms with Crippen molar-refractivity contribution in [3.05, 3.63) is 35.9 Å². The van der Waals surface area contributed by atoms with Crippen molar-refractivity contribution in [2.75, 3.05) is 21.3 Å². The molecule has 1 heterocycles. The van der Waals surface area contributed by atoms with Gasteiger partial charge in [0.25, 0.3) is 0 Å². The lowest BCUT2D eigenvalue weighted by Crippen LogP contribution is -2.42. The van der Waals surface area contributed by atoms with Gasteiger partial charge in [-0.15, -0.1) is 0 Å². The third kappa shape index (κ3) is 3.19. The molecule has 0 saturated carbocycles. The minimum atomic E-state index is -1.02. The molecule has 1 aliphatic rings. The van der Waals surface area contributed by atoms with Gasteiger partial charge in [-0.1, -0.05) is 30.3 Å². The van der Waals surface area contributed by atoms with E-state index < -0.39 is 41.8 Å². The quantitative estimate of drug-likeness (QED) is 0.636. The highest BCUT2D eigenvalue weighted by atomic mass is 16.5. The van der Waals surface area contributed by atoms with E-state index in [0.29, 0.717) is 0 Å². The monoisotopic (exact) mass is 321 g/mol. The topological polar surface area (TPSA) is 90.9 Å². The van der Waals surface area contributed by atoms with Crippen LogP contribution in [-0.2, 0) is 28.6 Å². The summed E-state index contributed by atoms with van der Waals surface area (Å²) >= 11 is 0. The summed E-state index contributed by atoms with van der Waals surface area (Å²) in [5.41, 5.74) is 0.767. The van der Waals surface area contributed by atoms with Crippen molar-refractivity contribution >= 4 is 17.9 Å². The van der Waals surface area contributed by atoms with Crippen molar-refractivity contribution in [2.24, 2.45) is 11.8 Å². The lowest BCUT2D eigenvalue weighted by Gasteiger charge is -2.21. The Morgan fingerprint density at radius 3 is 1.87 bits per heavy atom. The molecule has 23 heavy (non-hydrogen) atoms. The Bertz CT molecular complexity index is 587. The molecule has 7 heteroatoms. The van der Waals surface area contributed by atoms with Gasteiger partial charge in [-0.3, -0.25) is 19.7 Å². The average Bonchev–Trinajstić information content (AvgIpc) is 3.00. The minimum absolute atomic E-state index is 0.558. The molecule has 2 rings (SSSR count). The van der Waals surface area contributed by atoms with Crippen LogP contribution in [0, 0.1) is 11.8 Å². The summed E-state index contributed by atoms with van der Waals surface area (Å²) in [6, 6.07) is 7.52. The summed E-state index contributed by atoms with van der Waals surface area (Å²) in [4.78, 5) is 36.5. The SMILES string of the molecule is COC(=O)[C@@H]1[C@H](C(=O)OC)[C@@H](C(=O)OC)N[C@H]1c1ccccc1. The van der Waals surface area contributed by atoms with Crippen molar-refractivity contribution in [3.8, 4) is 0 Å². The first-order valence-electron chi connectivity index (χ1n) is 7.09. The van der Waals surface area contributed by atoms with E-state index in [-0.39, 0.29) is 0 Å². The van der Waals surface area contributed by atoms with Crippen LogP contribution in [-0.4, -0.2) is 45.3 Å². The Labute approximate surface area is 133 Å².